The number of carbonyl (C=O) groups is 2. The summed E-state index contributed by atoms with van der Waals surface area (Å²) in [6.07, 6.45) is 0.698. The van der Waals surface area contributed by atoms with E-state index in [4.69, 9.17) is 5.73 Å². The maximum Gasteiger partial charge on any atom is 0.248 e. The van der Waals surface area contributed by atoms with Crippen molar-refractivity contribution in [3.63, 3.8) is 0 Å². The molecule has 0 saturated heterocycles. The van der Waals surface area contributed by atoms with E-state index >= 15 is 0 Å². The third kappa shape index (κ3) is 4.91. The minimum atomic E-state index is -0.503. The van der Waals surface area contributed by atoms with Gasteiger partial charge in [0.15, 0.2) is 0 Å². The van der Waals surface area contributed by atoms with Gasteiger partial charge in [-0.25, -0.2) is 4.98 Å². The van der Waals surface area contributed by atoms with Crippen LogP contribution >= 0.6 is 23.1 Å². The maximum atomic E-state index is 12.0. The first-order valence-electron chi connectivity index (χ1n) is 7.36. The van der Waals surface area contributed by atoms with Gasteiger partial charge in [-0.05, 0) is 35.7 Å². The molecule has 0 aliphatic rings. The van der Waals surface area contributed by atoms with Crippen LogP contribution in [-0.2, 0) is 11.2 Å². The van der Waals surface area contributed by atoms with E-state index in [1.807, 2.05) is 17.5 Å². The van der Waals surface area contributed by atoms with E-state index in [0.717, 1.165) is 5.82 Å². The molecule has 0 saturated carbocycles. The SMILES string of the molecule is NC(=O)c1ccc(NC(=O)CSc2n[nH]c(Cc3cccs3)n2)cc1. The van der Waals surface area contributed by atoms with Crippen molar-refractivity contribution in [2.75, 3.05) is 11.1 Å². The van der Waals surface area contributed by atoms with Crippen LogP contribution in [-0.4, -0.2) is 32.7 Å². The second-order valence-corrected chi connectivity index (χ2v) is 7.07. The molecule has 0 unspecified atom stereocenters. The topological polar surface area (TPSA) is 114 Å². The van der Waals surface area contributed by atoms with Gasteiger partial charge in [0.25, 0.3) is 0 Å². The second-order valence-electron chi connectivity index (χ2n) is 5.10. The summed E-state index contributed by atoms with van der Waals surface area (Å²) in [6.45, 7) is 0. The Morgan fingerprint density at radius 3 is 2.72 bits per heavy atom. The number of thioether (sulfide) groups is 1. The van der Waals surface area contributed by atoms with Gasteiger partial charge in [-0.15, -0.1) is 16.4 Å². The number of primary amides is 1. The van der Waals surface area contributed by atoms with Gasteiger partial charge < -0.3 is 11.1 Å². The van der Waals surface area contributed by atoms with E-state index in [-0.39, 0.29) is 11.7 Å². The van der Waals surface area contributed by atoms with Gasteiger partial charge in [-0.3, -0.25) is 14.7 Å². The zero-order valence-electron chi connectivity index (χ0n) is 13.1. The minimum Gasteiger partial charge on any atom is -0.366 e. The van der Waals surface area contributed by atoms with Gasteiger partial charge in [0.05, 0.1) is 5.75 Å². The predicted octanol–water partition coefficient (Wildman–Crippen LogP) is 2.29. The summed E-state index contributed by atoms with van der Waals surface area (Å²) in [5, 5.41) is 12.3. The molecular formula is C16H15N5O2S2. The lowest BCUT2D eigenvalue weighted by Gasteiger charge is -2.04. The van der Waals surface area contributed by atoms with Gasteiger partial charge in [0.2, 0.25) is 17.0 Å². The quantitative estimate of drug-likeness (QED) is 0.550. The maximum absolute atomic E-state index is 12.0. The lowest BCUT2D eigenvalue weighted by molar-refractivity contribution is -0.113. The lowest BCUT2D eigenvalue weighted by atomic mass is 10.2. The number of nitrogens with two attached hydrogens (primary N) is 1. The Hall–Kier alpha value is -2.65. The Balaban J connectivity index is 1.49. The number of hydrogen-bond donors (Lipinski definition) is 3. The molecule has 9 heteroatoms. The smallest absolute Gasteiger partial charge is 0.248 e. The van der Waals surface area contributed by atoms with Crippen molar-refractivity contribution in [1.29, 1.82) is 0 Å². The van der Waals surface area contributed by atoms with Crippen molar-refractivity contribution in [1.82, 2.24) is 15.2 Å². The van der Waals surface area contributed by atoms with Crippen LogP contribution in [0.15, 0.2) is 46.9 Å². The zero-order valence-corrected chi connectivity index (χ0v) is 14.7. The monoisotopic (exact) mass is 373 g/mol. The number of H-pyrrole nitrogens is 1. The van der Waals surface area contributed by atoms with Crippen LogP contribution in [0.25, 0.3) is 0 Å². The summed E-state index contributed by atoms with van der Waals surface area (Å²) < 4.78 is 0. The highest BCUT2D eigenvalue weighted by Crippen LogP contribution is 2.17. The van der Waals surface area contributed by atoms with Crippen LogP contribution in [0.3, 0.4) is 0 Å². The van der Waals surface area contributed by atoms with Crippen molar-refractivity contribution in [3.05, 3.63) is 58.0 Å². The second kappa shape index (κ2) is 7.95. The molecule has 0 radical (unpaired) electrons. The largest absolute Gasteiger partial charge is 0.366 e. The molecule has 2 aromatic heterocycles. The van der Waals surface area contributed by atoms with E-state index in [1.54, 1.807) is 35.6 Å². The average Bonchev–Trinajstić information content (AvgIpc) is 3.26. The molecule has 2 heterocycles. The first-order chi connectivity index (χ1) is 12.1. The van der Waals surface area contributed by atoms with Gasteiger partial charge in [0, 0.05) is 22.5 Å². The summed E-state index contributed by atoms with van der Waals surface area (Å²) in [6, 6.07) is 10.4. The summed E-state index contributed by atoms with van der Waals surface area (Å²) in [7, 11) is 0. The molecule has 0 aliphatic carbocycles. The fraction of sp³-hybridized carbons (Fsp3) is 0.125. The first-order valence-corrected chi connectivity index (χ1v) is 9.23. The summed E-state index contributed by atoms with van der Waals surface area (Å²) in [4.78, 5) is 28.6. The highest BCUT2D eigenvalue weighted by Gasteiger charge is 2.09. The number of benzene rings is 1. The molecule has 0 bridgehead atoms. The Morgan fingerprint density at radius 1 is 1.24 bits per heavy atom. The van der Waals surface area contributed by atoms with E-state index in [0.29, 0.717) is 22.8 Å². The van der Waals surface area contributed by atoms with Crippen molar-refractivity contribution in [3.8, 4) is 0 Å². The number of rotatable bonds is 7. The van der Waals surface area contributed by atoms with Crippen molar-refractivity contribution in [2.24, 2.45) is 5.73 Å². The number of hydrogen-bond acceptors (Lipinski definition) is 6. The van der Waals surface area contributed by atoms with E-state index in [2.05, 4.69) is 20.5 Å². The van der Waals surface area contributed by atoms with Crippen molar-refractivity contribution >= 4 is 40.6 Å². The Kier molecular flexibility index (Phi) is 5.46. The molecule has 4 N–H and O–H groups in total. The number of nitrogens with zero attached hydrogens (tertiary/aromatic N) is 2. The van der Waals surface area contributed by atoms with Gasteiger partial charge in [-0.1, -0.05) is 17.8 Å². The number of amides is 2. The van der Waals surface area contributed by atoms with Crippen LogP contribution in [0.2, 0.25) is 0 Å². The zero-order chi connectivity index (χ0) is 17.6. The number of aromatic amines is 1. The number of aromatic nitrogens is 3. The number of nitrogens with one attached hydrogen (secondary N) is 2. The van der Waals surface area contributed by atoms with Crippen LogP contribution < -0.4 is 11.1 Å². The minimum absolute atomic E-state index is 0.179. The normalized spacial score (nSPS) is 10.6. The van der Waals surface area contributed by atoms with E-state index < -0.39 is 5.91 Å². The van der Waals surface area contributed by atoms with Crippen LogP contribution in [0.4, 0.5) is 5.69 Å². The molecule has 7 nitrogen and oxygen atoms in total. The van der Waals surface area contributed by atoms with Gasteiger partial charge in [0.1, 0.15) is 5.82 Å². The molecule has 128 valence electrons. The number of carbonyl (C=O) groups excluding carboxylic acids is 2. The molecule has 3 rings (SSSR count). The summed E-state index contributed by atoms with van der Waals surface area (Å²) in [5.74, 6) is 0.277. The Labute approximate surface area is 152 Å². The first kappa shape index (κ1) is 17.2. The third-order valence-electron chi connectivity index (χ3n) is 3.22. The molecule has 3 aromatic rings. The number of thiophene rings is 1. The Bertz CT molecular complexity index is 859. The molecular weight excluding hydrogens is 358 g/mol. The highest BCUT2D eigenvalue weighted by atomic mass is 32.2. The summed E-state index contributed by atoms with van der Waals surface area (Å²) >= 11 is 2.91. The fourth-order valence-corrected chi connectivity index (χ4v) is 3.37. The van der Waals surface area contributed by atoms with Crippen LogP contribution in [0.1, 0.15) is 21.1 Å². The number of anilines is 1. The van der Waals surface area contributed by atoms with Gasteiger partial charge in [-0.2, -0.15) is 0 Å². The Morgan fingerprint density at radius 2 is 2.04 bits per heavy atom. The fourth-order valence-electron chi connectivity index (χ4n) is 2.04. The average molecular weight is 373 g/mol. The molecule has 2 amide bonds. The van der Waals surface area contributed by atoms with Crippen LogP contribution in [0.5, 0.6) is 0 Å². The third-order valence-corrected chi connectivity index (χ3v) is 4.94. The van der Waals surface area contributed by atoms with Gasteiger partial charge >= 0.3 is 0 Å². The molecule has 0 fully saturated rings. The molecule has 0 aliphatic heterocycles. The predicted molar refractivity (Wildman–Crippen MR) is 97.8 cm³/mol. The van der Waals surface area contributed by atoms with Crippen LogP contribution in [0, 0.1) is 0 Å². The molecule has 1 aromatic carbocycles. The van der Waals surface area contributed by atoms with E-state index in [9.17, 15) is 9.59 Å². The highest BCUT2D eigenvalue weighted by molar-refractivity contribution is 7.99. The molecule has 0 spiro atoms. The standard InChI is InChI=1S/C16H15N5O2S2/c17-15(23)10-3-5-11(6-4-10)18-14(22)9-25-16-19-13(20-21-16)8-12-2-1-7-24-12/h1-7H,8-9H2,(H2,17,23)(H,18,22)(H,19,20,21). The van der Waals surface area contributed by atoms with Crippen molar-refractivity contribution < 1.29 is 9.59 Å². The molecule has 0 atom stereocenters. The van der Waals surface area contributed by atoms with E-state index in [1.165, 1.54) is 16.6 Å². The van der Waals surface area contributed by atoms with Crippen molar-refractivity contribution in [2.45, 2.75) is 11.6 Å². The summed E-state index contributed by atoms with van der Waals surface area (Å²) in [5.41, 5.74) is 6.17. The molecule has 25 heavy (non-hydrogen) atoms. The lowest BCUT2D eigenvalue weighted by Crippen LogP contribution is -2.15.